The lowest BCUT2D eigenvalue weighted by molar-refractivity contribution is -0.189. The van der Waals surface area contributed by atoms with Gasteiger partial charge in [0.05, 0.1) is 19.8 Å². The Kier molecular flexibility index (Phi) is 3.59. The number of ether oxygens (including phenoxy) is 2. The molecule has 0 amide bonds. The van der Waals surface area contributed by atoms with Crippen molar-refractivity contribution in [2.45, 2.75) is 25.0 Å². The fourth-order valence-electron chi connectivity index (χ4n) is 2.83. The van der Waals surface area contributed by atoms with Crippen LogP contribution in [-0.2, 0) is 15.9 Å². The van der Waals surface area contributed by atoms with E-state index in [1.165, 1.54) is 5.56 Å². The van der Waals surface area contributed by atoms with E-state index in [9.17, 15) is 0 Å². The number of likely N-dealkylation sites (tertiary alicyclic amines) is 1. The number of hydrogen-bond donors (Lipinski definition) is 0. The van der Waals surface area contributed by atoms with Crippen molar-refractivity contribution in [1.82, 2.24) is 9.88 Å². The van der Waals surface area contributed by atoms with Crippen LogP contribution >= 0.6 is 0 Å². The van der Waals surface area contributed by atoms with Crippen molar-refractivity contribution < 1.29 is 9.47 Å². The third kappa shape index (κ3) is 2.71. The molecule has 2 fully saturated rings. The van der Waals surface area contributed by atoms with Gasteiger partial charge < -0.3 is 9.47 Å². The maximum Gasteiger partial charge on any atom is 0.181 e. The van der Waals surface area contributed by atoms with Gasteiger partial charge in [0.1, 0.15) is 0 Å². The molecule has 2 aliphatic rings. The number of pyridine rings is 1. The number of rotatable bonds is 3. The Morgan fingerprint density at radius 3 is 2.78 bits per heavy atom. The molecule has 1 aromatic rings. The molecule has 0 radical (unpaired) electrons. The van der Waals surface area contributed by atoms with Crippen LogP contribution in [0.2, 0.25) is 0 Å². The van der Waals surface area contributed by atoms with Crippen LogP contribution < -0.4 is 0 Å². The van der Waals surface area contributed by atoms with E-state index in [4.69, 9.17) is 9.47 Å². The molecule has 0 aromatic carbocycles. The second-order valence-electron chi connectivity index (χ2n) is 5.09. The van der Waals surface area contributed by atoms with Crippen LogP contribution in [0, 0.1) is 0 Å². The maximum absolute atomic E-state index is 5.79. The minimum absolute atomic E-state index is 0.295. The van der Waals surface area contributed by atoms with Crippen LogP contribution in [0.25, 0.3) is 0 Å². The highest BCUT2D eigenvalue weighted by molar-refractivity contribution is 5.10. The lowest BCUT2D eigenvalue weighted by atomic mass is 10.0. The molecule has 4 heteroatoms. The van der Waals surface area contributed by atoms with E-state index in [2.05, 4.69) is 22.0 Å². The predicted molar refractivity (Wildman–Crippen MR) is 68.3 cm³/mol. The predicted octanol–water partition coefficient (Wildman–Crippen LogP) is 1.46. The summed E-state index contributed by atoms with van der Waals surface area (Å²) >= 11 is 0. The van der Waals surface area contributed by atoms with E-state index in [0.29, 0.717) is 0 Å². The summed E-state index contributed by atoms with van der Waals surface area (Å²) in [6, 6.07) is 4.17. The minimum Gasteiger partial charge on any atom is -0.346 e. The minimum atomic E-state index is -0.295. The van der Waals surface area contributed by atoms with Crippen molar-refractivity contribution in [3.63, 3.8) is 0 Å². The van der Waals surface area contributed by atoms with Crippen LogP contribution in [0.5, 0.6) is 0 Å². The smallest absolute Gasteiger partial charge is 0.181 e. The van der Waals surface area contributed by atoms with Crippen molar-refractivity contribution >= 4 is 0 Å². The summed E-state index contributed by atoms with van der Waals surface area (Å²) in [5, 5.41) is 0. The first-order valence-corrected chi connectivity index (χ1v) is 6.76. The molecule has 0 aliphatic carbocycles. The molecule has 1 aromatic heterocycles. The number of piperidine rings is 1. The van der Waals surface area contributed by atoms with Gasteiger partial charge in [-0.05, 0) is 37.1 Å². The molecule has 0 saturated carbocycles. The Morgan fingerprint density at radius 2 is 2.00 bits per heavy atom. The van der Waals surface area contributed by atoms with Crippen LogP contribution in [0.1, 0.15) is 18.4 Å². The molecule has 0 unspecified atom stereocenters. The summed E-state index contributed by atoms with van der Waals surface area (Å²) in [5.41, 5.74) is 1.35. The first-order chi connectivity index (χ1) is 8.86. The lowest BCUT2D eigenvalue weighted by Gasteiger charge is -2.38. The first-order valence-electron chi connectivity index (χ1n) is 6.76. The van der Waals surface area contributed by atoms with Crippen LogP contribution in [0.4, 0.5) is 0 Å². The molecule has 0 bridgehead atoms. The lowest BCUT2D eigenvalue weighted by Crippen LogP contribution is -2.49. The summed E-state index contributed by atoms with van der Waals surface area (Å²) in [6.07, 6.45) is 6.99. The molecular weight excluding hydrogens is 228 g/mol. The molecule has 3 heterocycles. The Balaban J connectivity index is 1.54. The molecule has 1 spiro atoms. The average molecular weight is 248 g/mol. The molecule has 2 saturated heterocycles. The van der Waals surface area contributed by atoms with E-state index in [1.807, 2.05) is 12.4 Å². The normalized spacial score (nSPS) is 23.6. The molecule has 18 heavy (non-hydrogen) atoms. The van der Waals surface area contributed by atoms with Crippen molar-refractivity contribution in [3.05, 3.63) is 30.1 Å². The van der Waals surface area contributed by atoms with Gasteiger partial charge in [0.2, 0.25) is 0 Å². The Hall–Kier alpha value is -0.970. The topological polar surface area (TPSA) is 34.6 Å². The van der Waals surface area contributed by atoms with Gasteiger partial charge in [0, 0.05) is 25.4 Å². The average Bonchev–Trinajstić information content (AvgIpc) is 2.86. The van der Waals surface area contributed by atoms with Crippen molar-refractivity contribution in [3.8, 4) is 0 Å². The second kappa shape index (κ2) is 5.34. The van der Waals surface area contributed by atoms with Crippen molar-refractivity contribution in [2.24, 2.45) is 0 Å². The highest BCUT2D eigenvalue weighted by atomic mass is 16.7. The van der Waals surface area contributed by atoms with Crippen LogP contribution in [-0.4, -0.2) is 48.5 Å². The third-order valence-electron chi connectivity index (χ3n) is 3.78. The summed E-state index contributed by atoms with van der Waals surface area (Å²) in [6.45, 7) is 4.63. The van der Waals surface area contributed by atoms with Gasteiger partial charge in [-0.2, -0.15) is 0 Å². The quantitative estimate of drug-likeness (QED) is 0.811. The zero-order chi connectivity index (χ0) is 12.3. The van der Waals surface area contributed by atoms with Crippen molar-refractivity contribution in [2.75, 3.05) is 32.8 Å². The van der Waals surface area contributed by atoms with E-state index in [1.54, 1.807) is 0 Å². The highest BCUT2D eigenvalue weighted by Crippen LogP contribution is 2.29. The Labute approximate surface area is 108 Å². The molecule has 98 valence electrons. The fourth-order valence-corrected chi connectivity index (χ4v) is 2.83. The summed E-state index contributed by atoms with van der Waals surface area (Å²) < 4.78 is 11.6. The van der Waals surface area contributed by atoms with E-state index in [0.717, 1.165) is 52.1 Å². The van der Waals surface area contributed by atoms with E-state index in [-0.39, 0.29) is 5.79 Å². The molecule has 0 atom stereocenters. The SMILES string of the molecule is c1cc(CCN2CCCC3(C2)OCCO3)ccn1. The Bertz CT molecular complexity index is 377. The van der Waals surface area contributed by atoms with Gasteiger partial charge in [-0.15, -0.1) is 0 Å². The van der Waals surface area contributed by atoms with Gasteiger partial charge in [-0.25, -0.2) is 0 Å². The van der Waals surface area contributed by atoms with Gasteiger partial charge >= 0.3 is 0 Å². The van der Waals surface area contributed by atoms with Gasteiger partial charge in [0.25, 0.3) is 0 Å². The van der Waals surface area contributed by atoms with Gasteiger partial charge in [-0.3, -0.25) is 9.88 Å². The zero-order valence-electron chi connectivity index (χ0n) is 10.7. The maximum atomic E-state index is 5.79. The van der Waals surface area contributed by atoms with Crippen LogP contribution in [0.3, 0.4) is 0 Å². The van der Waals surface area contributed by atoms with Gasteiger partial charge in [0.15, 0.2) is 5.79 Å². The molecular formula is C14H20N2O2. The summed E-state index contributed by atoms with van der Waals surface area (Å²) in [5.74, 6) is -0.295. The third-order valence-corrected chi connectivity index (χ3v) is 3.78. The molecule has 2 aliphatic heterocycles. The summed E-state index contributed by atoms with van der Waals surface area (Å²) in [4.78, 5) is 6.50. The number of nitrogens with zero attached hydrogens (tertiary/aromatic N) is 2. The van der Waals surface area contributed by atoms with Gasteiger partial charge in [-0.1, -0.05) is 0 Å². The standard InChI is InChI=1S/C14H20N2O2/c1-5-14(17-10-11-18-14)12-16(8-1)9-4-13-2-6-15-7-3-13/h2-3,6-7H,1,4-5,8-12H2. The number of hydrogen-bond acceptors (Lipinski definition) is 4. The number of aromatic nitrogens is 1. The van der Waals surface area contributed by atoms with E-state index >= 15 is 0 Å². The second-order valence-corrected chi connectivity index (χ2v) is 5.09. The molecule has 0 N–H and O–H groups in total. The monoisotopic (exact) mass is 248 g/mol. The van der Waals surface area contributed by atoms with Crippen LogP contribution in [0.15, 0.2) is 24.5 Å². The fraction of sp³-hybridized carbons (Fsp3) is 0.643. The van der Waals surface area contributed by atoms with Crippen molar-refractivity contribution in [1.29, 1.82) is 0 Å². The van der Waals surface area contributed by atoms with E-state index < -0.39 is 0 Å². The Morgan fingerprint density at radius 1 is 1.22 bits per heavy atom. The first kappa shape index (κ1) is 12.1. The molecule has 4 nitrogen and oxygen atoms in total. The summed E-state index contributed by atoms with van der Waals surface area (Å²) in [7, 11) is 0. The highest BCUT2D eigenvalue weighted by Gasteiger charge is 2.40. The zero-order valence-corrected chi connectivity index (χ0v) is 10.7. The largest absolute Gasteiger partial charge is 0.346 e. The molecule has 3 rings (SSSR count).